The van der Waals surface area contributed by atoms with Crippen LogP contribution in [-0.4, -0.2) is 60.8 Å². The normalized spacial score (nSPS) is 13.6. The minimum absolute atomic E-state index is 0.0431. The van der Waals surface area contributed by atoms with Gasteiger partial charge in [-0.3, -0.25) is 29.8 Å². The van der Waals surface area contributed by atoms with Crippen LogP contribution in [-0.2, 0) is 4.79 Å². The summed E-state index contributed by atoms with van der Waals surface area (Å²) in [5, 5.41) is 18.0. The van der Waals surface area contributed by atoms with E-state index in [2.05, 4.69) is 69.7 Å². The van der Waals surface area contributed by atoms with Gasteiger partial charge < -0.3 is 15.3 Å². The van der Waals surface area contributed by atoms with Crippen molar-refractivity contribution in [2.45, 2.75) is 38.5 Å². The number of anilines is 1. The van der Waals surface area contributed by atoms with Crippen LogP contribution >= 0.6 is 0 Å². The summed E-state index contributed by atoms with van der Waals surface area (Å²) in [6.07, 6.45) is 16.9. The molecule has 8 aromatic heterocycles. The number of amides is 1. The molecule has 1 aliphatic rings. The molecule has 1 aliphatic carbocycles. The lowest BCUT2D eigenvalue weighted by Crippen LogP contribution is -2.18. The fraction of sp³-hybridized carbons (Fsp3) is 0.156. The zero-order chi connectivity index (χ0) is 38.6. The maximum absolute atomic E-state index is 13.0. The Hall–Kier alpha value is -7.54. The largest absolute Gasteiger partial charge is 0.352 e. The SMILES string of the molecule is O=C(CC1CCCCC1)Nc1cncc(-c2ccc3c(c2)c(-c2cc4ncccc4[nH]2)nn3-c2ccc3[nH]c(-c4n[nH]c5ccc(-c6cnccn6)cc45)cc3n2)c1. The molecule has 4 N–H and O–H groups in total. The molecule has 0 aliphatic heterocycles. The molecule has 0 saturated heterocycles. The van der Waals surface area contributed by atoms with E-state index in [9.17, 15) is 4.79 Å². The number of rotatable bonds is 8. The first-order valence-corrected chi connectivity index (χ1v) is 19.6. The number of carbonyl (C=O) groups excluding carboxylic acids is 1. The monoisotopic (exact) mass is 760 g/mol. The van der Waals surface area contributed by atoms with Crippen LogP contribution in [0.4, 0.5) is 5.69 Å². The summed E-state index contributed by atoms with van der Waals surface area (Å²) < 4.78 is 1.89. The van der Waals surface area contributed by atoms with E-state index in [0.29, 0.717) is 23.8 Å². The number of benzene rings is 2. The number of aromatic nitrogens is 11. The van der Waals surface area contributed by atoms with Crippen molar-refractivity contribution in [3.8, 4) is 51.0 Å². The van der Waals surface area contributed by atoms with Crippen LogP contribution < -0.4 is 5.32 Å². The highest BCUT2D eigenvalue weighted by molar-refractivity contribution is 6.00. The van der Waals surface area contributed by atoms with Gasteiger partial charge >= 0.3 is 0 Å². The van der Waals surface area contributed by atoms with Crippen LogP contribution in [0.5, 0.6) is 0 Å². The molecule has 11 rings (SSSR count). The lowest BCUT2D eigenvalue weighted by atomic mass is 9.87. The Bertz CT molecular complexity index is 3120. The zero-order valence-electron chi connectivity index (χ0n) is 31.3. The van der Waals surface area contributed by atoms with E-state index in [-0.39, 0.29) is 5.91 Å². The summed E-state index contributed by atoms with van der Waals surface area (Å²) in [5.74, 6) is 1.16. The van der Waals surface area contributed by atoms with Gasteiger partial charge in [0.15, 0.2) is 5.82 Å². The third kappa shape index (κ3) is 6.13. The van der Waals surface area contributed by atoms with Gasteiger partial charge in [0, 0.05) is 53.1 Å². The lowest BCUT2D eigenvalue weighted by Gasteiger charge is -2.20. The van der Waals surface area contributed by atoms with Crippen molar-refractivity contribution in [3.05, 3.63) is 116 Å². The van der Waals surface area contributed by atoms with E-state index >= 15 is 0 Å². The molecular formula is C45H36N12O. The van der Waals surface area contributed by atoms with Crippen LogP contribution in [0.2, 0.25) is 0 Å². The van der Waals surface area contributed by atoms with E-state index in [4.69, 9.17) is 10.1 Å². The molecule has 0 unspecified atom stereocenters. The summed E-state index contributed by atoms with van der Waals surface area (Å²) >= 11 is 0. The summed E-state index contributed by atoms with van der Waals surface area (Å²) in [6, 6.07) is 26.3. The molecule has 0 radical (unpaired) electrons. The molecule has 58 heavy (non-hydrogen) atoms. The number of carbonyl (C=O) groups is 1. The highest BCUT2D eigenvalue weighted by Crippen LogP contribution is 2.36. The molecule has 2 aromatic carbocycles. The number of pyridine rings is 3. The molecule has 1 amide bonds. The molecule has 13 heteroatoms. The molecule has 1 saturated carbocycles. The van der Waals surface area contributed by atoms with E-state index in [1.54, 1.807) is 31.0 Å². The van der Waals surface area contributed by atoms with Crippen molar-refractivity contribution in [1.82, 2.24) is 54.9 Å². The minimum atomic E-state index is 0.0431. The number of hydrogen-bond acceptors (Lipinski definition) is 8. The minimum Gasteiger partial charge on any atom is -0.352 e. The number of hydrogen-bond donors (Lipinski definition) is 4. The van der Waals surface area contributed by atoms with Crippen molar-refractivity contribution in [2.24, 2.45) is 5.92 Å². The van der Waals surface area contributed by atoms with Crippen LogP contribution in [0.15, 0.2) is 116 Å². The average molecular weight is 761 g/mol. The smallest absolute Gasteiger partial charge is 0.224 e. The second-order valence-electron chi connectivity index (χ2n) is 15.0. The molecule has 13 nitrogen and oxygen atoms in total. The van der Waals surface area contributed by atoms with Gasteiger partial charge in [0.25, 0.3) is 0 Å². The number of fused-ring (bicyclic) bond motifs is 4. The fourth-order valence-electron chi connectivity index (χ4n) is 8.36. The summed E-state index contributed by atoms with van der Waals surface area (Å²) in [7, 11) is 0. The summed E-state index contributed by atoms with van der Waals surface area (Å²) in [4.78, 5) is 43.0. The molecule has 10 aromatic rings. The van der Waals surface area contributed by atoms with E-state index in [0.717, 1.165) is 102 Å². The van der Waals surface area contributed by atoms with Gasteiger partial charge in [-0.05, 0) is 91.1 Å². The van der Waals surface area contributed by atoms with Gasteiger partial charge in [-0.1, -0.05) is 31.4 Å². The van der Waals surface area contributed by atoms with Crippen molar-refractivity contribution in [2.75, 3.05) is 5.32 Å². The maximum Gasteiger partial charge on any atom is 0.224 e. The van der Waals surface area contributed by atoms with Crippen molar-refractivity contribution in [3.63, 3.8) is 0 Å². The first-order valence-electron chi connectivity index (χ1n) is 19.6. The first kappa shape index (κ1) is 33.8. The van der Waals surface area contributed by atoms with Gasteiger partial charge in [-0.2, -0.15) is 10.2 Å². The van der Waals surface area contributed by atoms with Crippen LogP contribution in [0.25, 0.3) is 94.9 Å². The van der Waals surface area contributed by atoms with Crippen molar-refractivity contribution >= 4 is 55.5 Å². The topological polar surface area (TPSA) is 172 Å². The highest BCUT2D eigenvalue weighted by atomic mass is 16.1. The van der Waals surface area contributed by atoms with Gasteiger partial charge in [0.05, 0.1) is 68.3 Å². The Balaban J connectivity index is 0.968. The number of H-pyrrole nitrogens is 3. The third-order valence-corrected chi connectivity index (χ3v) is 11.2. The Morgan fingerprint density at radius 2 is 1.53 bits per heavy atom. The predicted octanol–water partition coefficient (Wildman–Crippen LogP) is 9.42. The second-order valence-corrected chi connectivity index (χ2v) is 15.0. The molecule has 0 atom stereocenters. The van der Waals surface area contributed by atoms with Crippen LogP contribution in [0.1, 0.15) is 38.5 Å². The van der Waals surface area contributed by atoms with Crippen molar-refractivity contribution in [1.29, 1.82) is 0 Å². The van der Waals surface area contributed by atoms with Crippen LogP contribution in [0, 0.1) is 5.92 Å². The Kier molecular flexibility index (Phi) is 8.08. The molecule has 8 heterocycles. The van der Waals surface area contributed by atoms with Crippen LogP contribution in [0.3, 0.4) is 0 Å². The first-order chi connectivity index (χ1) is 28.6. The molecule has 1 fully saturated rings. The van der Waals surface area contributed by atoms with Crippen molar-refractivity contribution < 1.29 is 4.79 Å². The standard InChI is InChI=1S/C45H36N12O/c58-43(17-26-5-2-1-3-6-26)50-30-18-29(23-47-24-30)27-9-12-41-32(19-27)45(39-21-36-34(51-39)7-4-14-48-36)56-57(41)42-13-11-35-37(53-42)22-38(52-35)44-31-20-28(8-10-33(31)54-55-44)40-25-46-15-16-49-40/h4,7-16,18-26,51-52H,1-3,5-6,17H2,(H,50,58)(H,54,55). The van der Waals surface area contributed by atoms with Gasteiger partial charge in [0.2, 0.25) is 5.91 Å². The Morgan fingerprint density at radius 3 is 2.41 bits per heavy atom. The predicted molar refractivity (Wildman–Crippen MR) is 225 cm³/mol. The highest BCUT2D eigenvalue weighted by Gasteiger charge is 2.21. The average Bonchev–Trinajstić information content (AvgIpc) is 4.07. The van der Waals surface area contributed by atoms with Gasteiger partial charge in [0.1, 0.15) is 11.4 Å². The Labute approximate surface area is 331 Å². The molecule has 282 valence electrons. The molecule has 0 spiro atoms. The Morgan fingerprint density at radius 1 is 0.707 bits per heavy atom. The van der Waals surface area contributed by atoms with E-state index in [1.165, 1.54) is 19.3 Å². The second kappa shape index (κ2) is 13.9. The molecular weight excluding hydrogens is 725 g/mol. The quantitative estimate of drug-likeness (QED) is 0.119. The third-order valence-electron chi connectivity index (χ3n) is 11.2. The van der Waals surface area contributed by atoms with E-state index in [1.807, 2.05) is 65.5 Å². The number of nitrogens with zero attached hydrogens (tertiary/aromatic N) is 8. The summed E-state index contributed by atoms with van der Waals surface area (Å²) in [6.45, 7) is 0. The molecule has 0 bridgehead atoms. The maximum atomic E-state index is 13.0. The lowest BCUT2D eigenvalue weighted by molar-refractivity contribution is -0.117. The zero-order valence-corrected chi connectivity index (χ0v) is 31.3. The number of nitrogens with one attached hydrogen (secondary N) is 4. The van der Waals surface area contributed by atoms with Gasteiger partial charge in [-0.25, -0.2) is 9.67 Å². The van der Waals surface area contributed by atoms with Gasteiger partial charge in [-0.15, -0.1) is 0 Å². The summed E-state index contributed by atoms with van der Waals surface area (Å²) in [5.41, 5.74) is 12.7. The number of aromatic amines is 3. The van der Waals surface area contributed by atoms with E-state index < -0.39 is 0 Å². The fourth-order valence-corrected chi connectivity index (χ4v) is 8.36.